The van der Waals surface area contributed by atoms with E-state index in [1.54, 1.807) is 0 Å². The van der Waals surface area contributed by atoms with Crippen molar-refractivity contribution in [3.63, 3.8) is 0 Å². The van der Waals surface area contributed by atoms with E-state index in [0.717, 1.165) is 29.7 Å². The lowest BCUT2D eigenvalue weighted by atomic mass is 9.83. The smallest absolute Gasteiger partial charge is 0.261 e. The average molecular weight is 510 g/mol. The second kappa shape index (κ2) is 9.70. The fourth-order valence-electron chi connectivity index (χ4n) is 7.26. The standard InChI is InChI=1S/C31H35N5O2/c37-28(32-20-21-8-7-17-34-16-6-5-12-26(21)34)15-19-35-27-13-4-2-9-22(27)23-14-18-36-30(29(23)35)33-25-11-3-1-10-24(25)31(36)38/h1-4,9-11,13,21,26H,5-8,12,14-20H2,(H,32,37)/t21-,26+/m1/s1. The van der Waals surface area contributed by atoms with Crippen molar-refractivity contribution in [3.05, 3.63) is 64.4 Å². The molecule has 2 aromatic heterocycles. The second-order valence-corrected chi connectivity index (χ2v) is 11.2. The number of carbonyl (C=O) groups excluding carboxylic acids is 1. The van der Waals surface area contributed by atoms with Crippen LogP contribution in [0.3, 0.4) is 0 Å². The Morgan fingerprint density at radius 2 is 1.76 bits per heavy atom. The quantitative estimate of drug-likeness (QED) is 0.434. The number of amides is 1. The number of aryl methyl sites for hydroxylation is 2. The van der Waals surface area contributed by atoms with Gasteiger partial charge in [0.05, 0.1) is 16.6 Å². The van der Waals surface area contributed by atoms with Crippen molar-refractivity contribution < 1.29 is 4.79 Å². The number of carbonyl (C=O) groups is 1. The molecule has 2 aromatic carbocycles. The first kappa shape index (κ1) is 23.7. The molecule has 2 atom stereocenters. The lowest BCUT2D eigenvalue weighted by molar-refractivity contribution is -0.121. The van der Waals surface area contributed by atoms with Gasteiger partial charge in [-0.15, -0.1) is 0 Å². The topological polar surface area (TPSA) is 72.2 Å². The predicted octanol–water partition coefficient (Wildman–Crippen LogP) is 4.35. The normalized spacial score (nSPS) is 21.2. The highest BCUT2D eigenvalue weighted by atomic mass is 16.1. The second-order valence-electron chi connectivity index (χ2n) is 11.2. The maximum absolute atomic E-state index is 13.4. The van der Waals surface area contributed by atoms with Crippen molar-refractivity contribution in [2.75, 3.05) is 19.6 Å². The molecule has 1 N–H and O–H groups in total. The summed E-state index contributed by atoms with van der Waals surface area (Å²) in [5.74, 6) is 1.37. The Kier molecular flexibility index (Phi) is 6.03. The SMILES string of the molecule is O=C(CCn1c2c(c3ccccc31)CCn1c-2nc2ccccc2c1=O)NC[C@H]1CCCN2CCCC[C@@H]12. The summed E-state index contributed by atoms with van der Waals surface area (Å²) in [5.41, 5.74) is 4.04. The lowest BCUT2D eigenvalue weighted by Crippen LogP contribution is -2.51. The van der Waals surface area contributed by atoms with Gasteiger partial charge in [0.15, 0.2) is 5.82 Å². The molecule has 4 aromatic rings. The highest BCUT2D eigenvalue weighted by molar-refractivity contribution is 5.92. The third-order valence-electron chi connectivity index (χ3n) is 9.09. The molecular weight excluding hydrogens is 474 g/mol. The molecule has 0 aliphatic carbocycles. The van der Waals surface area contributed by atoms with Crippen molar-refractivity contribution in [1.82, 2.24) is 24.3 Å². The molecule has 3 aliphatic heterocycles. The van der Waals surface area contributed by atoms with Gasteiger partial charge in [-0.05, 0) is 74.9 Å². The van der Waals surface area contributed by atoms with Gasteiger partial charge in [-0.2, -0.15) is 0 Å². The van der Waals surface area contributed by atoms with Crippen LogP contribution in [0.5, 0.6) is 0 Å². The summed E-state index contributed by atoms with van der Waals surface area (Å²) in [6, 6.07) is 16.6. The minimum atomic E-state index is 0.00929. The van der Waals surface area contributed by atoms with Crippen LogP contribution in [-0.2, 0) is 24.3 Å². The van der Waals surface area contributed by atoms with E-state index in [1.807, 2.05) is 34.9 Å². The monoisotopic (exact) mass is 509 g/mol. The van der Waals surface area contributed by atoms with E-state index >= 15 is 0 Å². The van der Waals surface area contributed by atoms with Crippen LogP contribution in [0, 0.1) is 5.92 Å². The average Bonchev–Trinajstić information content (AvgIpc) is 3.29. The molecule has 5 heterocycles. The molecule has 2 saturated heterocycles. The maximum atomic E-state index is 13.4. The van der Waals surface area contributed by atoms with Crippen molar-refractivity contribution in [2.45, 2.75) is 64.1 Å². The van der Waals surface area contributed by atoms with E-state index in [9.17, 15) is 9.59 Å². The number of para-hydroxylation sites is 2. The molecule has 0 unspecified atom stereocenters. The van der Waals surface area contributed by atoms with Crippen LogP contribution in [0.4, 0.5) is 0 Å². The van der Waals surface area contributed by atoms with Crippen molar-refractivity contribution in [3.8, 4) is 11.5 Å². The Morgan fingerprint density at radius 1 is 0.947 bits per heavy atom. The molecule has 0 radical (unpaired) electrons. The fraction of sp³-hybridized carbons (Fsp3) is 0.452. The first-order valence-electron chi connectivity index (χ1n) is 14.3. The number of aromatic nitrogens is 3. The lowest BCUT2D eigenvalue weighted by Gasteiger charge is -2.44. The summed E-state index contributed by atoms with van der Waals surface area (Å²) in [7, 11) is 0. The van der Waals surface area contributed by atoms with Gasteiger partial charge < -0.3 is 14.8 Å². The molecule has 7 heteroatoms. The molecule has 196 valence electrons. The minimum absolute atomic E-state index is 0.00929. The molecule has 38 heavy (non-hydrogen) atoms. The minimum Gasteiger partial charge on any atom is -0.356 e. The van der Waals surface area contributed by atoms with E-state index in [4.69, 9.17) is 4.98 Å². The third kappa shape index (κ3) is 3.95. The van der Waals surface area contributed by atoms with Crippen molar-refractivity contribution in [2.24, 2.45) is 5.92 Å². The zero-order valence-electron chi connectivity index (χ0n) is 21.9. The first-order valence-corrected chi connectivity index (χ1v) is 14.3. The van der Waals surface area contributed by atoms with E-state index in [0.29, 0.717) is 42.7 Å². The van der Waals surface area contributed by atoms with E-state index in [2.05, 4.69) is 33.0 Å². The summed E-state index contributed by atoms with van der Waals surface area (Å²) in [5, 5.41) is 5.12. The summed E-state index contributed by atoms with van der Waals surface area (Å²) in [6.45, 7) is 4.39. The predicted molar refractivity (Wildman–Crippen MR) is 150 cm³/mol. The molecule has 3 aliphatic rings. The van der Waals surface area contributed by atoms with E-state index < -0.39 is 0 Å². The summed E-state index contributed by atoms with van der Waals surface area (Å²) >= 11 is 0. The van der Waals surface area contributed by atoms with Crippen LogP contribution in [0.1, 0.15) is 44.1 Å². The Labute approximate surface area is 222 Å². The van der Waals surface area contributed by atoms with Gasteiger partial charge in [0, 0.05) is 43.0 Å². The molecule has 0 saturated carbocycles. The number of rotatable bonds is 5. The number of hydrogen-bond acceptors (Lipinski definition) is 4. The zero-order valence-corrected chi connectivity index (χ0v) is 21.9. The van der Waals surface area contributed by atoms with Gasteiger partial charge in [-0.1, -0.05) is 36.8 Å². The first-order chi connectivity index (χ1) is 18.7. The van der Waals surface area contributed by atoms with Crippen LogP contribution < -0.4 is 10.9 Å². The molecular formula is C31H35N5O2. The van der Waals surface area contributed by atoms with Crippen LogP contribution in [0.2, 0.25) is 0 Å². The van der Waals surface area contributed by atoms with Gasteiger partial charge in [0.2, 0.25) is 5.91 Å². The number of nitrogens with zero attached hydrogens (tertiary/aromatic N) is 4. The summed E-state index contributed by atoms with van der Waals surface area (Å²) in [6.07, 6.45) is 7.52. The van der Waals surface area contributed by atoms with E-state index in [1.165, 1.54) is 56.1 Å². The Hall–Kier alpha value is -3.45. The summed E-state index contributed by atoms with van der Waals surface area (Å²) in [4.78, 5) is 34.1. The molecule has 7 rings (SSSR count). The van der Waals surface area contributed by atoms with Crippen molar-refractivity contribution in [1.29, 1.82) is 0 Å². The highest BCUT2D eigenvalue weighted by Crippen LogP contribution is 2.37. The van der Waals surface area contributed by atoms with Crippen molar-refractivity contribution >= 4 is 27.7 Å². The highest BCUT2D eigenvalue weighted by Gasteiger charge is 2.33. The van der Waals surface area contributed by atoms with Crippen LogP contribution in [0.15, 0.2) is 53.3 Å². The number of nitrogens with one attached hydrogen (secondary N) is 1. The van der Waals surface area contributed by atoms with Crippen LogP contribution in [0.25, 0.3) is 33.3 Å². The summed E-state index contributed by atoms with van der Waals surface area (Å²) < 4.78 is 4.04. The molecule has 0 spiro atoms. The number of hydrogen-bond donors (Lipinski definition) is 1. The largest absolute Gasteiger partial charge is 0.356 e. The number of benzene rings is 2. The van der Waals surface area contributed by atoms with E-state index in [-0.39, 0.29) is 11.5 Å². The number of fused-ring (bicyclic) bond motifs is 7. The zero-order chi connectivity index (χ0) is 25.6. The van der Waals surface area contributed by atoms with Gasteiger partial charge >= 0.3 is 0 Å². The molecule has 0 bridgehead atoms. The Balaban J connectivity index is 1.17. The molecule has 1 amide bonds. The van der Waals surface area contributed by atoms with Crippen LogP contribution >= 0.6 is 0 Å². The van der Waals surface area contributed by atoms with Gasteiger partial charge in [-0.25, -0.2) is 4.98 Å². The van der Waals surface area contributed by atoms with Gasteiger partial charge in [-0.3, -0.25) is 14.2 Å². The maximum Gasteiger partial charge on any atom is 0.261 e. The Morgan fingerprint density at radius 3 is 2.68 bits per heavy atom. The van der Waals surface area contributed by atoms with Gasteiger partial charge in [0.1, 0.15) is 0 Å². The van der Waals surface area contributed by atoms with Gasteiger partial charge in [0.25, 0.3) is 5.56 Å². The number of piperidine rings is 2. The molecule has 7 nitrogen and oxygen atoms in total. The third-order valence-corrected chi connectivity index (χ3v) is 9.09. The Bertz CT molecular complexity index is 1580. The fourth-order valence-corrected chi connectivity index (χ4v) is 7.26. The molecule has 2 fully saturated rings. The van der Waals surface area contributed by atoms with Crippen LogP contribution in [-0.4, -0.2) is 50.6 Å².